The highest BCUT2D eigenvalue weighted by Gasteiger charge is 2.41. The Morgan fingerprint density at radius 1 is 1.32 bits per heavy atom. The third-order valence-electron chi connectivity index (χ3n) is 4.22. The van der Waals surface area contributed by atoms with Crippen LogP contribution in [0.3, 0.4) is 0 Å². The smallest absolute Gasteiger partial charge is 0.233 e. The van der Waals surface area contributed by atoms with Gasteiger partial charge < -0.3 is 15.4 Å². The number of hydrogen-bond donors (Lipinski definition) is 2. The molecule has 4 nitrogen and oxygen atoms in total. The monoisotopic (exact) mass is 268 g/mol. The fraction of sp³-hybridized carbons (Fsp3) is 0.933. The SMILES string of the molecule is CC(C)CNC(=O)CNCC1CCC2(CCCC2)O1. The van der Waals surface area contributed by atoms with Crippen LogP contribution < -0.4 is 10.6 Å². The van der Waals surface area contributed by atoms with Crippen LogP contribution in [0.2, 0.25) is 0 Å². The summed E-state index contributed by atoms with van der Waals surface area (Å²) in [6.07, 6.45) is 7.75. The van der Waals surface area contributed by atoms with Gasteiger partial charge in [0.1, 0.15) is 0 Å². The van der Waals surface area contributed by atoms with Gasteiger partial charge in [0, 0.05) is 13.1 Å². The van der Waals surface area contributed by atoms with Gasteiger partial charge in [-0.15, -0.1) is 0 Å². The molecule has 1 atom stereocenters. The molecule has 4 heteroatoms. The van der Waals surface area contributed by atoms with Crippen LogP contribution in [-0.2, 0) is 9.53 Å². The maximum Gasteiger partial charge on any atom is 0.233 e. The molecule has 1 unspecified atom stereocenters. The van der Waals surface area contributed by atoms with Gasteiger partial charge in [-0.1, -0.05) is 26.7 Å². The van der Waals surface area contributed by atoms with E-state index in [2.05, 4.69) is 24.5 Å². The number of amides is 1. The molecule has 1 amide bonds. The van der Waals surface area contributed by atoms with Gasteiger partial charge in [-0.25, -0.2) is 0 Å². The van der Waals surface area contributed by atoms with Gasteiger partial charge in [-0.05, 0) is 31.6 Å². The third kappa shape index (κ3) is 4.46. The van der Waals surface area contributed by atoms with E-state index in [1.54, 1.807) is 0 Å². The van der Waals surface area contributed by atoms with Crippen molar-refractivity contribution in [2.45, 2.75) is 64.1 Å². The highest BCUT2D eigenvalue weighted by atomic mass is 16.5. The summed E-state index contributed by atoms with van der Waals surface area (Å²) in [5.74, 6) is 0.589. The second-order valence-electron chi connectivity index (χ2n) is 6.50. The van der Waals surface area contributed by atoms with Crippen molar-refractivity contribution in [3.63, 3.8) is 0 Å². The lowest BCUT2D eigenvalue weighted by molar-refractivity contribution is -0.120. The van der Waals surface area contributed by atoms with E-state index < -0.39 is 0 Å². The Labute approximate surface area is 116 Å². The zero-order valence-electron chi connectivity index (χ0n) is 12.3. The Hall–Kier alpha value is -0.610. The molecule has 2 rings (SSSR count). The molecule has 2 aliphatic rings. The minimum Gasteiger partial charge on any atom is -0.370 e. The summed E-state index contributed by atoms with van der Waals surface area (Å²) in [4.78, 5) is 11.6. The lowest BCUT2D eigenvalue weighted by Gasteiger charge is -2.23. The summed E-state index contributed by atoms with van der Waals surface area (Å²) >= 11 is 0. The molecule has 2 fully saturated rings. The Kier molecular flexibility index (Phi) is 5.22. The largest absolute Gasteiger partial charge is 0.370 e. The summed E-state index contributed by atoms with van der Waals surface area (Å²) in [6.45, 7) is 6.15. The minimum absolute atomic E-state index is 0.0854. The van der Waals surface area contributed by atoms with E-state index in [9.17, 15) is 4.79 Å². The van der Waals surface area contributed by atoms with Crippen LogP contribution in [0.25, 0.3) is 0 Å². The molecule has 19 heavy (non-hydrogen) atoms. The Morgan fingerprint density at radius 2 is 2.05 bits per heavy atom. The number of nitrogens with one attached hydrogen (secondary N) is 2. The molecule has 110 valence electrons. The molecular weight excluding hydrogens is 240 g/mol. The summed E-state index contributed by atoms with van der Waals surface area (Å²) in [5, 5.41) is 6.13. The van der Waals surface area contributed by atoms with E-state index >= 15 is 0 Å². The zero-order chi connectivity index (χ0) is 13.7. The van der Waals surface area contributed by atoms with E-state index in [1.165, 1.54) is 32.1 Å². The molecule has 1 aliphatic heterocycles. The summed E-state index contributed by atoms with van der Waals surface area (Å²) in [6, 6.07) is 0. The molecule has 2 N–H and O–H groups in total. The predicted molar refractivity (Wildman–Crippen MR) is 76.0 cm³/mol. The molecule has 0 aromatic heterocycles. The first-order chi connectivity index (χ1) is 9.10. The number of rotatable bonds is 6. The maximum atomic E-state index is 11.6. The quantitative estimate of drug-likeness (QED) is 0.773. The topological polar surface area (TPSA) is 50.4 Å². The van der Waals surface area contributed by atoms with E-state index in [0.717, 1.165) is 19.5 Å². The molecule has 1 saturated carbocycles. The second kappa shape index (κ2) is 6.71. The third-order valence-corrected chi connectivity index (χ3v) is 4.22. The molecule has 1 spiro atoms. The molecular formula is C15H28N2O2. The second-order valence-corrected chi connectivity index (χ2v) is 6.50. The Morgan fingerprint density at radius 3 is 2.74 bits per heavy atom. The van der Waals surface area contributed by atoms with Crippen molar-refractivity contribution in [3.05, 3.63) is 0 Å². The fourth-order valence-corrected chi connectivity index (χ4v) is 3.15. The van der Waals surface area contributed by atoms with E-state index in [-0.39, 0.29) is 11.5 Å². The molecule has 0 bridgehead atoms. The summed E-state index contributed by atoms with van der Waals surface area (Å²) in [7, 11) is 0. The van der Waals surface area contributed by atoms with Crippen LogP contribution in [0.4, 0.5) is 0 Å². The zero-order valence-corrected chi connectivity index (χ0v) is 12.3. The molecule has 0 aromatic carbocycles. The van der Waals surface area contributed by atoms with Crippen LogP contribution in [0.5, 0.6) is 0 Å². The van der Waals surface area contributed by atoms with Crippen LogP contribution >= 0.6 is 0 Å². The van der Waals surface area contributed by atoms with Crippen LogP contribution in [0.1, 0.15) is 52.4 Å². The van der Waals surface area contributed by atoms with Crippen molar-refractivity contribution in [1.82, 2.24) is 10.6 Å². The summed E-state index contributed by atoms with van der Waals surface area (Å²) in [5.41, 5.74) is 0.201. The van der Waals surface area contributed by atoms with Crippen molar-refractivity contribution < 1.29 is 9.53 Å². The number of carbonyl (C=O) groups is 1. The van der Waals surface area contributed by atoms with Gasteiger partial charge in [0.25, 0.3) is 0 Å². The first kappa shape index (κ1) is 14.8. The molecule has 1 saturated heterocycles. The summed E-state index contributed by atoms with van der Waals surface area (Å²) < 4.78 is 6.20. The van der Waals surface area contributed by atoms with E-state index in [1.807, 2.05) is 0 Å². The van der Waals surface area contributed by atoms with Gasteiger partial charge in [0.15, 0.2) is 0 Å². The normalized spacial score (nSPS) is 25.3. The Balaban J connectivity index is 1.58. The highest BCUT2D eigenvalue weighted by Crippen LogP contribution is 2.42. The Bertz CT molecular complexity index is 299. The lowest BCUT2D eigenvalue weighted by Crippen LogP contribution is -2.39. The van der Waals surface area contributed by atoms with Crippen molar-refractivity contribution in [3.8, 4) is 0 Å². The minimum atomic E-state index is 0.0854. The first-order valence-electron chi connectivity index (χ1n) is 7.75. The molecule has 0 aromatic rings. The van der Waals surface area contributed by atoms with E-state index in [0.29, 0.717) is 18.6 Å². The van der Waals surface area contributed by atoms with Crippen molar-refractivity contribution in [2.24, 2.45) is 5.92 Å². The van der Waals surface area contributed by atoms with Gasteiger partial charge in [-0.3, -0.25) is 4.79 Å². The van der Waals surface area contributed by atoms with Crippen LogP contribution in [0.15, 0.2) is 0 Å². The van der Waals surface area contributed by atoms with Crippen LogP contribution in [-0.4, -0.2) is 37.2 Å². The van der Waals surface area contributed by atoms with Gasteiger partial charge in [0.05, 0.1) is 18.2 Å². The number of carbonyl (C=O) groups excluding carboxylic acids is 1. The number of hydrogen-bond acceptors (Lipinski definition) is 3. The van der Waals surface area contributed by atoms with Crippen LogP contribution in [0, 0.1) is 5.92 Å². The average molecular weight is 268 g/mol. The molecule has 0 radical (unpaired) electrons. The predicted octanol–water partition coefficient (Wildman–Crippen LogP) is 1.84. The van der Waals surface area contributed by atoms with Gasteiger partial charge >= 0.3 is 0 Å². The number of ether oxygens (including phenoxy) is 1. The van der Waals surface area contributed by atoms with Gasteiger partial charge in [-0.2, -0.15) is 0 Å². The van der Waals surface area contributed by atoms with Crippen molar-refractivity contribution >= 4 is 5.91 Å². The standard InChI is InChI=1S/C15H28N2O2/c1-12(2)9-17-14(18)11-16-10-13-5-8-15(19-13)6-3-4-7-15/h12-13,16H,3-11H2,1-2H3,(H,17,18). The molecule has 1 heterocycles. The fourth-order valence-electron chi connectivity index (χ4n) is 3.15. The first-order valence-corrected chi connectivity index (χ1v) is 7.75. The highest BCUT2D eigenvalue weighted by molar-refractivity contribution is 5.77. The maximum absolute atomic E-state index is 11.6. The lowest BCUT2D eigenvalue weighted by atomic mass is 9.98. The average Bonchev–Trinajstić information content (AvgIpc) is 2.98. The van der Waals surface area contributed by atoms with Gasteiger partial charge in [0.2, 0.25) is 5.91 Å². The van der Waals surface area contributed by atoms with E-state index in [4.69, 9.17) is 4.74 Å². The molecule has 1 aliphatic carbocycles. The van der Waals surface area contributed by atoms with Crippen molar-refractivity contribution in [1.29, 1.82) is 0 Å². The van der Waals surface area contributed by atoms with Crippen molar-refractivity contribution in [2.75, 3.05) is 19.6 Å².